The zero-order valence-electron chi connectivity index (χ0n) is 17.1. The van der Waals surface area contributed by atoms with Crippen molar-refractivity contribution in [1.29, 1.82) is 0 Å². The van der Waals surface area contributed by atoms with Crippen LogP contribution in [0.5, 0.6) is 11.5 Å². The Morgan fingerprint density at radius 1 is 0.724 bits per heavy atom. The molecule has 4 N–H and O–H groups in total. The molecule has 0 amide bonds. The number of ether oxygens (including phenoxy) is 2. The topological polar surface area (TPSA) is 105 Å². The fourth-order valence-corrected chi connectivity index (χ4v) is 2.71. The predicted octanol–water partition coefficient (Wildman–Crippen LogP) is 3.55. The third-order valence-corrected chi connectivity index (χ3v) is 4.28. The number of rotatable bonds is 6. The van der Waals surface area contributed by atoms with Gasteiger partial charge in [-0.2, -0.15) is 0 Å². The maximum Gasteiger partial charge on any atom is 0.337 e. The Bertz CT molecular complexity index is 854. The van der Waals surface area contributed by atoms with Crippen molar-refractivity contribution in [3.63, 3.8) is 0 Å². The number of hydrogen-bond donors (Lipinski definition) is 2. The summed E-state index contributed by atoms with van der Waals surface area (Å²) in [6.45, 7) is 7.40. The zero-order chi connectivity index (χ0) is 21.6. The van der Waals surface area contributed by atoms with Crippen LogP contribution in [0.25, 0.3) is 0 Å². The Balaban J connectivity index is 2.13. The number of nitrogens with two attached hydrogens (primary N) is 2. The molecule has 0 saturated heterocycles. The van der Waals surface area contributed by atoms with Crippen LogP contribution in [-0.4, -0.2) is 11.9 Å². The number of hydrogen-bond acceptors (Lipinski definition) is 6. The molecule has 6 heteroatoms. The van der Waals surface area contributed by atoms with Crippen LogP contribution < -0.4 is 20.9 Å². The number of allylic oxidation sites excluding steroid dienone is 2. The van der Waals surface area contributed by atoms with E-state index in [1.165, 1.54) is 12.2 Å². The van der Waals surface area contributed by atoms with E-state index in [0.717, 1.165) is 11.1 Å². The molecule has 2 rings (SSSR count). The van der Waals surface area contributed by atoms with Crippen LogP contribution in [0.4, 0.5) is 0 Å². The summed E-state index contributed by atoms with van der Waals surface area (Å²) in [6.07, 6.45) is 2.47. The summed E-state index contributed by atoms with van der Waals surface area (Å²) in [4.78, 5) is 23.3. The summed E-state index contributed by atoms with van der Waals surface area (Å²) in [7, 11) is 0. The second kappa shape index (κ2) is 9.10. The minimum atomic E-state index is -0.512. The molecule has 0 aliphatic rings. The number of carbonyl (C=O) groups excluding carboxylic acids is 2. The van der Waals surface area contributed by atoms with Gasteiger partial charge in [0.15, 0.2) is 0 Å². The first-order valence-corrected chi connectivity index (χ1v) is 9.10. The van der Waals surface area contributed by atoms with Gasteiger partial charge in [0.2, 0.25) is 0 Å². The van der Waals surface area contributed by atoms with Gasteiger partial charge < -0.3 is 20.9 Å². The Morgan fingerprint density at radius 2 is 1.03 bits per heavy atom. The van der Waals surface area contributed by atoms with E-state index in [1.54, 1.807) is 38.1 Å². The second-order valence-corrected chi connectivity index (χ2v) is 7.29. The lowest BCUT2D eigenvalue weighted by Gasteiger charge is -2.26. The maximum absolute atomic E-state index is 11.7. The van der Waals surface area contributed by atoms with Crippen molar-refractivity contribution in [3.8, 4) is 11.5 Å². The van der Waals surface area contributed by atoms with Crippen LogP contribution in [0.1, 0.15) is 38.8 Å². The summed E-state index contributed by atoms with van der Waals surface area (Å²) >= 11 is 0. The van der Waals surface area contributed by atoms with Crippen LogP contribution in [-0.2, 0) is 15.0 Å². The Labute approximate surface area is 170 Å². The quantitative estimate of drug-likeness (QED) is 0.441. The van der Waals surface area contributed by atoms with Crippen molar-refractivity contribution in [3.05, 3.63) is 83.2 Å². The molecule has 0 spiro atoms. The van der Waals surface area contributed by atoms with Gasteiger partial charge >= 0.3 is 11.9 Å². The molecule has 0 fully saturated rings. The highest BCUT2D eigenvalue weighted by Crippen LogP contribution is 2.33. The molecule has 29 heavy (non-hydrogen) atoms. The molecule has 0 aliphatic carbocycles. The highest BCUT2D eigenvalue weighted by molar-refractivity contribution is 5.85. The summed E-state index contributed by atoms with van der Waals surface area (Å²) in [6, 6.07) is 14.6. The van der Waals surface area contributed by atoms with Crippen molar-refractivity contribution in [1.82, 2.24) is 0 Å². The SMILES string of the molecule is C/C(N)=C/C(=O)Oc1ccc(C(C)(C)c2ccc(OC(=O)/C=C(/C)N)cc2)cc1. The van der Waals surface area contributed by atoms with Crippen LogP contribution in [0.3, 0.4) is 0 Å². The fourth-order valence-electron chi connectivity index (χ4n) is 2.71. The van der Waals surface area contributed by atoms with Gasteiger partial charge in [0.1, 0.15) is 11.5 Å². The van der Waals surface area contributed by atoms with Gasteiger partial charge in [-0.15, -0.1) is 0 Å². The minimum absolute atomic E-state index is 0.313. The van der Waals surface area contributed by atoms with Crippen LogP contribution in [0.15, 0.2) is 72.1 Å². The van der Waals surface area contributed by atoms with Crippen LogP contribution >= 0.6 is 0 Å². The summed E-state index contributed by atoms with van der Waals surface area (Å²) < 4.78 is 10.4. The smallest absolute Gasteiger partial charge is 0.337 e. The van der Waals surface area contributed by atoms with Crippen molar-refractivity contribution in [2.75, 3.05) is 0 Å². The number of carbonyl (C=O) groups is 2. The average molecular weight is 394 g/mol. The first-order chi connectivity index (χ1) is 13.6. The van der Waals surface area contributed by atoms with E-state index in [4.69, 9.17) is 20.9 Å². The van der Waals surface area contributed by atoms with Crippen molar-refractivity contribution >= 4 is 11.9 Å². The van der Waals surface area contributed by atoms with Crippen molar-refractivity contribution in [2.45, 2.75) is 33.1 Å². The van der Waals surface area contributed by atoms with Crippen molar-refractivity contribution < 1.29 is 19.1 Å². The summed E-state index contributed by atoms with van der Waals surface area (Å²) in [5.74, 6) is -0.140. The molecule has 2 aromatic rings. The molecule has 0 unspecified atom stereocenters. The molecule has 0 heterocycles. The molecule has 0 aliphatic heterocycles. The maximum atomic E-state index is 11.7. The van der Waals surface area contributed by atoms with Crippen molar-refractivity contribution in [2.24, 2.45) is 11.5 Å². The highest BCUT2D eigenvalue weighted by atomic mass is 16.5. The molecule has 6 nitrogen and oxygen atoms in total. The predicted molar refractivity (Wildman–Crippen MR) is 112 cm³/mol. The number of esters is 2. The monoisotopic (exact) mass is 394 g/mol. The molecule has 0 atom stereocenters. The second-order valence-electron chi connectivity index (χ2n) is 7.29. The average Bonchev–Trinajstić information content (AvgIpc) is 2.61. The summed E-state index contributed by atoms with van der Waals surface area (Å²) in [5, 5.41) is 0. The third kappa shape index (κ3) is 6.24. The minimum Gasteiger partial charge on any atom is -0.423 e. The normalized spacial score (nSPS) is 12.4. The van der Waals surface area contributed by atoms with Gasteiger partial charge in [-0.1, -0.05) is 38.1 Å². The molecule has 0 saturated carbocycles. The zero-order valence-corrected chi connectivity index (χ0v) is 17.1. The largest absolute Gasteiger partial charge is 0.423 e. The first kappa shape index (κ1) is 21.8. The van der Waals surface area contributed by atoms with E-state index in [0.29, 0.717) is 22.9 Å². The molecule has 0 bridgehead atoms. The molecular weight excluding hydrogens is 368 g/mol. The van der Waals surface area contributed by atoms with E-state index in [1.807, 2.05) is 24.3 Å². The molecule has 0 radical (unpaired) electrons. The Hall–Kier alpha value is -3.54. The summed E-state index contributed by atoms with van der Waals surface area (Å²) in [5.41, 5.74) is 13.5. The number of benzene rings is 2. The van der Waals surface area contributed by atoms with E-state index in [-0.39, 0.29) is 5.41 Å². The van der Waals surface area contributed by atoms with Gasteiger partial charge in [-0.05, 0) is 49.2 Å². The molecule has 152 valence electrons. The highest BCUT2D eigenvalue weighted by Gasteiger charge is 2.23. The van der Waals surface area contributed by atoms with Crippen LogP contribution in [0, 0.1) is 0 Å². The van der Waals surface area contributed by atoms with Gasteiger partial charge in [-0.25, -0.2) is 9.59 Å². The third-order valence-electron chi connectivity index (χ3n) is 4.28. The van der Waals surface area contributed by atoms with Gasteiger partial charge in [0.05, 0.1) is 0 Å². The molecule has 2 aromatic carbocycles. The molecule has 0 aromatic heterocycles. The Morgan fingerprint density at radius 3 is 1.31 bits per heavy atom. The van der Waals surface area contributed by atoms with E-state index >= 15 is 0 Å². The molecular formula is C23H26N2O4. The lowest BCUT2D eigenvalue weighted by atomic mass is 9.78. The van der Waals surface area contributed by atoms with Crippen LogP contribution in [0.2, 0.25) is 0 Å². The fraction of sp³-hybridized carbons (Fsp3) is 0.217. The van der Waals surface area contributed by atoms with E-state index in [2.05, 4.69) is 13.8 Å². The van der Waals surface area contributed by atoms with E-state index < -0.39 is 11.9 Å². The lowest BCUT2D eigenvalue weighted by molar-refractivity contribution is -0.130. The van der Waals surface area contributed by atoms with Gasteiger partial charge in [0.25, 0.3) is 0 Å². The standard InChI is InChI=1S/C23H26N2O4/c1-15(24)13-21(26)28-19-9-5-17(6-10-19)23(3,4)18-7-11-20(12-8-18)29-22(27)14-16(2)25/h5-14H,24-25H2,1-4H3/b15-13-,16-14-. The van der Waals surface area contributed by atoms with E-state index in [9.17, 15) is 9.59 Å². The first-order valence-electron chi connectivity index (χ1n) is 9.10. The van der Waals surface area contributed by atoms with Gasteiger partial charge in [-0.3, -0.25) is 0 Å². The van der Waals surface area contributed by atoms with Gasteiger partial charge in [0, 0.05) is 29.0 Å². The lowest BCUT2D eigenvalue weighted by Crippen LogP contribution is -2.19. The Kier molecular flexibility index (Phi) is 6.83.